The molecule has 4 heteroatoms. The van der Waals surface area contributed by atoms with E-state index in [4.69, 9.17) is 4.98 Å². The molecular formula is C22H30ClN3. The Bertz CT molecular complexity index is 702. The van der Waals surface area contributed by atoms with Gasteiger partial charge in [0.05, 0.1) is 0 Å². The summed E-state index contributed by atoms with van der Waals surface area (Å²) in [6, 6.07) is 15.8. The molecule has 0 unspecified atom stereocenters. The molecule has 0 radical (unpaired) electrons. The highest BCUT2D eigenvalue weighted by Gasteiger charge is 2.35. The van der Waals surface area contributed by atoms with Crippen LogP contribution in [-0.2, 0) is 19.4 Å². The first-order valence-corrected chi connectivity index (χ1v) is 9.84. The van der Waals surface area contributed by atoms with Gasteiger partial charge >= 0.3 is 0 Å². The first-order chi connectivity index (χ1) is 12.3. The Morgan fingerprint density at radius 1 is 1.12 bits per heavy atom. The van der Waals surface area contributed by atoms with Crippen LogP contribution in [0.25, 0.3) is 0 Å². The fourth-order valence-corrected chi connectivity index (χ4v) is 4.57. The van der Waals surface area contributed by atoms with Crippen molar-refractivity contribution in [3.8, 4) is 0 Å². The summed E-state index contributed by atoms with van der Waals surface area (Å²) in [4.78, 5) is 7.70. The second-order valence-electron chi connectivity index (χ2n) is 7.56. The molecule has 140 valence electrons. The predicted octanol–water partition coefficient (Wildman–Crippen LogP) is 4.70. The van der Waals surface area contributed by atoms with E-state index in [-0.39, 0.29) is 12.4 Å². The summed E-state index contributed by atoms with van der Waals surface area (Å²) in [6.07, 6.45) is 6.32. The van der Waals surface area contributed by atoms with Gasteiger partial charge in [-0.25, -0.2) is 4.98 Å². The van der Waals surface area contributed by atoms with Crippen molar-refractivity contribution in [1.82, 2.24) is 9.88 Å². The van der Waals surface area contributed by atoms with E-state index in [2.05, 4.69) is 59.6 Å². The summed E-state index contributed by atoms with van der Waals surface area (Å²) in [5.74, 6) is 1.81. The van der Waals surface area contributed by atoms with Crippen LogP contribution in [0, 0.1) is 5.92 Å². The quantitative estimate of drug-likeness (QED) is 0.825. The number of piperidine rings is 1. The Morgan fingerprint density at radius 2 is 1.96 bits per heavy atom. The van der Waals surface area contributed by atoms with E-state index in [1.54, 1.807) is 0 Å². The highest BCUT2D eigenvalue weighted by atomic mass is 35.5. The third kappa shape index (κ3) is 4.21. The first kappa shape index (κ1) is 19.2. The standard InChI is InChI=1S/C22H29N3.ClH/c1-2-12-25-13-6-9-19-14-20-18(15-21(19)25)10-11-22(24-20)23-16-17-7-4-3-5-8-17;/h3-5,7-8,10-11,19,21H,2,6,9,12-16H2,1H3,(H,23,24);1H/t19-,21-;/m0./s1. The lowest BCUT2D eigenvalue weighted by atomic mass is 9.77. The number of pyridine rings is 1. The Balaban J connectivity index is 0.00000196. The van der Waals surface area contributed by atoms with Gasteiger partial charge in [-0.3, -0.25) is 4.90 Å². The fourth-order valence-electron chi connectivity index (χ4n) is 4.57. The molecule has 1 aromatic carbocycles. The Morgan fingerprint density at radius 3 is 2.77 bits per heavy atom. The van der Waals surface area contributed by atoms with Gasteiger partial charge in [-0.15, -0.1) is 12.4 Å². The average Bonchev–Trinajstić information content (AvgIpc) is 2.66. The molecule has 1 aromatic heterocycles. The number of aromatic nitrogens is 1. The maximum atomic E-state index is 4.96. The Kier molecular flexibility index (Phi) is 6.55. The van der Waals surface area contributed by atoms with E-state index in [1.165, 1.54) is 55.6 Å². The van der Waals surface area contributed by atoms with Gasteiger partial charge in [0.1, 0.15) is 5.82 Å². The van der Waals surface area contributed by atoms with Crippen LogP contribution in [0.15, 0.2) is 42.5 Å². The molecule has 1 saturated heterocycles. The van der Waals surface area contributed by atoms with Gasteiger partial charge in [0.25, 0.3) is 0 Å². The largest absolute Gasteiger partial charge is 0.366 e. The van der Waals surface area contributed by atoms with Gasteiger partial charge in [-0.1, -0.05) is 43.3 Å². The summed E-state index contributed by atoms with van der Waals surface area (Å²) in [5.41, 5.74) is 4.09. The highest BCUT2D eigenvalue weighted by Crippen LogP contribution is 2.34. The minimum absolute atomic E-state index is 0. The van der Waals surface area contributed by atoms with Gasteiger partial charge in [0.2, 0.25) is 0 Å². The highest BCUT2D eigenvalue weighted by molar-refractivity contribution is 5.85. The van der Waals surface area contributed by atoms with Crippen LogP contribution >= 0.6 is 12.4 Å². The normalized spacial score (nSPS) is 22.0. The number of nitrogens with one attached hydrogen (secondary N) is 1. The number of rotatable bonds is 5. The number of nitrogens with zero attached hydrogens (tertiary/aromatic N) is 2. The summed E-state index contributed by atoms with van der Waals surface area (Å²) < 4.78 is 0. The zero-order valence-corrected chi connectivity index (χ0v) is 16.5. The molecule has 1 N–H and O–H groups in total. The maximum Gasteiger partial charge on any atom is 0.126 e. The maximum absolute atomic E-state index is 4.96. The van der Waals surface area contributed by atoms with Crippen LogP contribution in [-0.4, -0.2) is 29.0 Å². The molecule has 3 nitrogen and oxygen atoms in total. The first-order valence-electron chi connectivity index (χ1n) is 9.84. The van der Waals surface area contributed by atoms with Gasteiger partial charge in [0, 0.05) is 18.3 Å². The molecule has 4 rings (SSSR count). The molecule has 2 aromatic rings. The molecule has 26 heavy (non-hydrogen) atoms. The number of hydrogen-bond acceptors (Lipinski definition) is 3. The van der Waals surface area contributed by atoms with Gasteiger partial charge in [-0.2, -0.15) is 0 Å². The van der Waals surface area contributed by atoms with Crippen molar-refractivity contribution >= 4 is 18.2 Å². The predicted molar refractivity (Wildman–Crippen MR) is 111 cm³/mol. The monoisotopic (exact) mass is 371 g/mol. The van der Waals surface area contributed by atoms with Crippen molar-refractivity contribution in [3.05, 3.63) is 59.3 Å². The minimum Gasteiger partial charge on any atom is -0.366 e. The van der Waals surface area contributed by atoms with E-state index in [0.717, 1.165) is 30.7 Å². The minimum atomic E-state index is 0. The molecule has 2 heterocycles. The summed E-state index contributed by atoms with van der Waals surface area (Å²) >= 11 is 0. The molecule has 0 spiro atoms. The smallest absolute Gasteiger partial charge is 0.126 e. The van der Waals surface area contributed by atoms with Crippen molar-refractivity contribution in [2.45, 2.75) is 51.6 Å². The van der Waals surface area contributed by atoms with Crippen molar-refractivity contribution in [2.24, 2.45) is 5.92 Å². The van der Waals surface area contributed by atoms with Crippen LogP contribution in [0.4, 0.5) is 5.82 Å². The molecule has 0 saturated carbocycles. The van der Waals surface area contributed by atoms with Crippen LogP contribution in [0.5, 0.6) is 0 Å². The van der Waals surface area contributed by atoms with Crippen molar-refractivity contribution < 1.29 is 0 Å². The number of benzene rings is 1. The number of likely N-dealkylation sites (tertiary alicyclic amines) is 1. The number of hydrogen-bond donors (Lipinski definition) is 1. The topological polar surface area (TPSA) is 28.2 Å². The Labute approximate surface area is 163 Å². The average molecular weight is 372 g/mol. The van der Waals surface area contributed by atoms with Gasteiger partial charge < -0.3 is 5.32 Å². The summed E-state index contributed by atoms with van der Waals surface area (Å²) in [6.45, 7) is 5.67. The molecule has 1 aliphatic carbocycles. The van der Waals surface area contributed by atoms with Crippen LogP contribution < -0.4 is 5.32 Å². The van der Waals surface area contributed by atoms with Crippen LogP contribution in [0.1, 0.15) is 43.0 Å². The van der Waals surface area contributed by atoms with E-state index in [1.807, 2.05) is 0 Å². The number of anilines is 1. The lowest BCUT2D eigenvalue weighted by Gasteiger charge is -2.44. The number of halogens is 1. The zero-order valence-electron chi connectivity index (χ0n) is 15.7. The fraction of sp³-hybridized carbons (Fsp3) is 0.500. The lowest BCUT2D eigenvalue weighted by molar-refractivity contribution is 0.0846. The molecule has 2 atom stereocenters. The van der Waals surface area contributed by atoms with Crippen LogP contribution in [0.3, 0.4) is 0 Å². The van der Waals surface area contributed by atoms with E-state index >= 15 is 0 Å². The van der Waals surface area contributed by atoms with Crippen molar-refractivity contribution in [1.29, 1.82) is 0 Å². The van der Waals surface area contributed by atoms with Gasteiger partial charge in [-0.05, 0) is 68.3 Å². The van der Waals surface area contributed by atoms with E-state index < -0.39 is 0 Å². The van der Waals surface area contributed by atoms with Gasteiger partial charge in [0.15, 0.2) is 0 Å². The third-order valence-electron chi connectivity index (χ3n) is 5.81. The molecule has 0 bridgehead atoms. The molecular weight excluding hydrogens is 342 g/mol. The van der Waals surface area contributed by atoms with Crippen molar-refractivity contribution in [3.63, 3.8) is 0 Å². The summed E-state index contributed by atoms with van der Waals surface area (Å²) in [7, 11) is 0. The molecule has 1 aliphatic heterocycles. The van der Waals surface area contributed by atoms with Crippen molar-refractivity contribution in [2.75, 3.05) is 18.4 Å². The van der Waals surface area contributed by atoms with E-state index in [0.29, 0.717) is 0 Å². The second-order valence-corrected chi connectivity index (χ2v) is 7.56. The number of fused-ring (bicyclic) bond motifs is 2. The molecule has 2 aliphatic rings. The SMILES string of the molecule is CCCN1CCC[C@H]2Cc3nc(NCc4ccccc4)ccc3C[C@@H]21.Cl. The zero-order chi connectivity index (χ0) is 17.1. The lowest BCUT2D eigenvalue weighted by Crippen LogP contribution is -2.49. The molecule has 0 amide bonds. The Hall–Kier alpha value is -1.58. The van der Waals surface area contributed by atoms with E-state index in [9.17, 15) is 0 Å². The molecule has 1 fully saturated rings. The van der Waals surface area contributed by atoms with Crippen LogP contribution in [0.2, 0.25) is 0 Å². The second kappa shape index (κ2) is 8.88. The third-order valence-corrected chi connectivity index (χ3v) is 5.81. The summed E-state index contributed by atoms with van der Waals surface area (Å²) in [5, 5.41) is 3.49.